The zero-order valence-corrected chi connectivity index (χ0v) is 13.0. The van der Waals surface area contributed by atoms with Crippen LogP contribution in [0.3, 0.4) is 0 Å². The number of sulfonamides is 1. The Balaban J connectivity index is 2.79. The van der Waals surface area contributed by atoms with Crippen LogP contribution >= 0.6 is 23.2 Å². The van der Waals surface area contributed by atoms with Crippen LogP contribution in [0.15, 0.2) is 23.1 Å². The average molecular weight is 326 g/mol. The molecule has 1 rings (SSSR count). The number of halogens is 2. The minimum atomic E-state index is -3.57. The minimum Gasteiger partial charge on any atom is -0.396 e. The third kappa shape index (κ3) is 4.93. The van der Waals surface area contributed by atoms with Crippen LogP contribution in [-0.4, -0.2) is 38.0 Å². The van der Waals surface area contributed by atoms with Crippen molar-refractivity contribution in [2.45, 2.75) is 24.2 Å². The lowest BCUT2D eigenvalue weighted by Crippen LogP contribution is -2.28. The Hall–Kier alpha value is -0.330. The molecule has 1 aromatic carbocycles. The lowest BCUT2D eigenvalue weighted by Gasteiger charge is -2.17. The molecule has 7 heteroatoms. The van der Waals surface area contributed by atoms with E-state index in [0.29, 0.717) is 29.4 Å². The molecule has 0 aliphatic rings. The molecule has 0 aliphatic heterocycles. The molecule has 0 atom stereocenters. The van der Waals surface area contributed by atoms with Crippen molar-refractivity contribution in [3.05, 3.63) is 28.2 Å². The summed E-state index contributed by atoms with van der Waals surface area (Å²) in [5, 5.41) is 9.25. The van der Waals surface area contributed by atoms with Crippen LogP contribution in [-0.2, 0) is 10.0 Å². The van der Waals surface area contributed by atoms with Gasteiger partial charge in [-0.1, -0.05) is 23.2 Å². The Morgan fingerprint density at radius 3 is 2.21 bits per heavy atom. The number of aliphatic hydroxyl groups excluding tert-OH is 1. The van der Waals surface area contributed by atoms with E-state index in [9.17, 15) is 8.42 Å². The van der Waals surface area contributed by atoms with E-state index in [2.05, 4.69) is 0 Å². The fourth-order valence-corrected chi connectivity index (χ4v) is 3.54. The van der Waals surface area contributed by atoms with Crippen molar-refractivity contribution in [2.24, 2.45) is 0 Å². The highest BCUT2D eigenvalue weighted by Crippen LogP contribution is 2.24. The Bertz CT molecular complexity index is 499. The van der Waals surface area contributed by atoms with Gasteiger partial charge in [-0.3, -0.25) is 0 Å². The number of nitrogens with zero attached hydrogens (tertiary/aromatic N) is 1. The quantitative estimate of drug-likeness (QED) is 0.784. The van der Waals surface area contributed by atoms with Gasteiger partial charge < -0.3 is 5.11 Å². The fraction of sp³-hybridized carbons (Fsp3) is 0.500. The summed E-state index contributed by atoms with van der Waals surface area (Å²) < 4.78 is 25.8. The molecule has 0 radical (unpaired) electrons. The van der Waals surface area contributed by atoms with E-state index in [-0.39, 0.29) is 11.5 Å². The van der Waals surface area contributed by atoms with E-state index in [0.717, 1.165) is 6.42 Å². The zero-order chi connectivity index (χ0) is 14.5. The Labute approximate surface area is 124 Å². The van der Waals surface area contributed by atoms with Crippen molar-refractivity contribution >= 4 is 33.2 Å². The van der Waals surface area contributed by atoms with Gasteiger partial charge in [-0.15, -0.1) is 0 Å². The van der Waals surface area contributed by atoms with E-state index in [1.807, 2.05) is 0 Å². The van der Waals surface area contributed by atoms with Gasteiger partial charge in [0.2, 0.25) is 10.0 Å². The summed E-state index contributed by atoms with van der Waals surface area (Å²) >= 11 is 11.6. The molecule has 4 nitrogen and oxygen atoms in total. The molecular formula is C12H17Cl2NO3S. The van der Waals surface area contributed by atoms with Gasteiger partial charge in [0.05, 0.1) is 4.90 Å². The third-order valence-corrected chi connectivity index (χ3v) is 4.95. The van der Waals surface area contributed by atoms with Crippen LogP contribution in [0.2, 0.25) is 10.0 Å². The van der Waals surface area contributed by atoms with Gasteiger partial charge >= 0.3 is 0 Å². The maximum atomic E-state index is 12.3. The molecule has 0 saturated heterocycles. The molecule has 0 amide bonds. The standard InChI is InChI=1S/C12H17Cl2NO3S/c1-15(5-3-2-4-6-16)19(17,18)12-8-10(13)7-11(14)9-12/h7-9,16H,2-6H2,1H3. The molecule has 108 valence electrons. The van der Waals surface area contributed by atoms with Gasteiger partial charge in [0.25, 0.3) is 0 Å². The Kier molecular flexibility index (Phi) is 6.56. The molecule has 0 fully saturated rings. The Morgan fingerprint density at radius 1 is 1.11 bits per heavy atom. The normalized spacial score (nSPS) is 12.1. The van der Waals surface area contributed by atoms with Gasteiger partial charge in [-0.25, -0.2) is 12.7 Å². The number of rotatable bonds is 7. The fourth-order valence-electron chi connectivity index (χ4n) is 1.60. The molecule has 1 N–H and O–H groups in total. The van der Waals surface area contributed by atoms with E-state index < -0.39 is 10.0 Å². The maximum Gasteiger partial charge on any atom is 0.242 e. The second-order valence-electron chi connectivity index (χ2n) is 4.22. The van der Waals surface area contributed by atoms with Crippen LogP contribution in [0.25, 0.3) is 0 Å². The third-order valence-electron chi connectivity index (χ3n) is 2.68. The summed E-state index contributed by atoms with van der Waals surface area (Å²) in [5.41, 5.74) is 0. The summed E-state index contributed by atoms with van der Waals surface area (Å²) in [6.45, 7) is 0.521. The summed E-state index contributed by atoms with van der Waals surface area (Å²) in [5.74, 6) is 0. The van der Waals surface area contributed by atoms with Crippen molar-refractivity contribution in [3.8, 4) is 0 Å². The molecule has 19 heavy (non-hydrogen) atoms. The molecule has 0 aromatic heterocycles. The monoisotopic (exact) mass is 325 g/mol. The van der Waals surface area contributed by atoms with Crippen LogP contribution in [0, 0.1) is 0 Å². The van der Waals surface area contributed by atoms with E-state index >= 15 is 0 Å². The van der Waals surface area contributed by atoms with Gasteiger partial charge in [0.1, 0.15) is 0 Å². The second kappa shape index (κ2) is 7.45. The van der Waals surface area contributed by atoms with Gasteiger partial charge in [0, 0.05) is 30.2 Å². The molecule has 0 heterocycles. The second-order valence-corrected chi connectivity index (χ2v) is 7.13. The SMILES string of the molecule is CN(CCCCCO)S(=O)(=O)c1cc(Cl)cc(Cl)c1. The number of unbranched alkanes of at least 4 members (excludes halogenated alkanes) is 2. The summed E-state index contributed by atoms with van der Waals surface area (Å²) in [6.07, 6.45) is 2.16. The number of hydrogen-bond donors (Lipinski definition) is 1. The highest BCUT2D eigenvalue weighted by Gasteiger charge is 2.21. The first-order chi connectivity index (χ1) is 8.87. The largest absolute Gasteiger partial charge is 0.396 e. The van der Waals surface area contributed by atoms with E-state index in [1.54, 1.807) is 0 Å². The van der Waals surface area contributed by atoms with Gasteiger partial charge in [-0.05, 0) is 37.5 Å². The average Bonchev–Trinajstić information content (AvgIpc) is 2.33. The van der Waals surface area contributed by atoms with Crippen molar-refractivity contribution < 1.29 is 13.5 Å². The van der Waals surface area contributed by atoms with Crippen LogP contribution < -0.4 is 0 Å². The predicted octanol–water partition coefficient (Wildman–Crippen LogP) is 2.78. The van der Waals surface area contributed by atoms with Gasteiger partial charge in [0.15, 0.2) is 0 Å². The molecule has 0 unspecified atom stereocenters. The zero-order valence-electron chi connectivity index (χ0n) is 10.6. The van der Waals surface area contributed by atoms with Crippen LogP contribution in [0.5, 0.6) is 0 Å². The predicted molar refractivity (Wildman–Crippen MR) is 77.2 cm³/mol. The maximum absolute atomic E-state index is 12.3. The molecule has 0 bridgehead atoms. The smallest absolute Gasteiger partial charge is 0.242 e. The molecule has 0 spiro atoms. The van der Waals surface area contributed by atoms with E-state index in [1.165, 1.54) is 29.6 Å². The first-order valence-electron chi connectivity index (χ1n) is 5.91. The summed E-state index contributed by atoms with van der Waals surface area (Å²) in [7, 11) is -2.05. The van der Waals surface area contributed by atoms with Crippen molar-refractivity contribution in [2.75, 3.05) is 20.2 Å². The molecule has 0 saturated carbocycles. The van der Waals surface area contributed by atoms with Crippen molar-refractivity contribution in [1.82, 2.24) is 4.31 Å². The molecule has 1 aromatic rings. The van der Waals surface area contributed by atoms with E-state index in [4.69, 9.17) is 28.3 Å². The van der Waals surface area contributed by atoms with Crippen LogP contribution in [0.1, 0.15) is 19.3 Å². The first kappa shape index (κ1) is 16.7. The topological polar surface area (TPSA) is 57.6 Å². The number of aliphatic hydroxyl groups is 1. The summed E-state index contributed by atoms with van der Waals surface area (Å²) in [4.78, 5) is 0.0923. The lowest BCUT2D eigenvalue weighted by molar-refractivity contribution is 0.281. The first-order valence-corrected chi connectivity index (χ1v) is 8.11. The van der Waals surface area contributed by atoms with Crippen molar-refractivity contribution in [1.29, 1.82) is 0 Å². The number of hydrogen-bond acceptors (Lipinski definition) is 3. The molecule has 0 aliphatic carbocycles. The summed E-state index contributed by atoms with van der Waals surface area (Å²) in [6, 6.07) is 4.25. The minimum absolute atomic E-state index is 0.0923. The Morgan fingerprint density at radius 2 is 1.68 bits per heavy atom. The van der Waals surface area contributed by atoms with Crippen molar-refractivity contribution in [3.63, 3.8) is 0 Å². The van der Waals surface area contributed by atoms with Crippen LogP contribution in [0.4, 0.5) is 0 Å². The number of benzene rings is 1. The highest BCUT2D eigenvalue weighted by molar-refractivity contribution is 7.89. The molecular weight excluding hydrogens is 309 g/mol. The highest BCUT2D eigenvalue weighted by atomic mass is 35.5. The van der Waals surface area contributed by atoms with Gasteiger partial charge in [-0.2, -0.15) is 0 Å². The lowest BCUT2D eigenvalue weighted by atomic mass is 10.2.